The first-order valence-electron chi connectivity index (χ1n) is 5.39. The van der Waals surface area contributed by atoms with Crippen molar-refractivity contribution in [3.8, 4) is 0 Å². The summed E-state index contributed by atoms with van der Waals surface area (Å²) in [7, 11) is 0. The summed E-state index contributed by atoms with van der Waals surface area (Å²) in [6, 6.07) is 0. The van der Waals surface area contributed by atoms with Gasteiger partial charge in [-0.3, -0.25) is 5.43 Å². The van der Waals surface area contributed by atoms with Crippen LogP contribution in [0.5, 0.6) is 0 Å². The average Bonchev–Trinajstić information content (AvgIpc) is 2.86. The normalized spacial score (nSPS) is 10.4. The maximum absolute atomic E-state index is 5.98. The van der Waals surface area contributed by atoms with E-state index in [1.54, 1.807) is 11.3 Å². The Kier molecular flexibility index (Phi) is 4.29. The smallest absolute Gasteiger partial charge is 0.239 e. The molecule has 4 N–H and O–H groups in total. The van der Waals surface area contributed by atoms with Gasteiger partial charge in [-0.1, -0.05) is 18.5 Å². The molecule has 0 aliphatic heterocycles. The van der Waals surface area contributed by atoms with Crippen molar-refractivity contribution >= 4 is 34.7 Å². The van der Waals surface area contributed by atoms with E-state index in [-0.39, 0.29) is 0 Å². The number of aryl methyl sites for hydroxylation is 1. The molecule has 0 atom stereocenters. The molecule has 0 aliphatic carbocycles. The van der Waals surface area contributed by atoms with Crippen molar-refractivity contribution in [2.45, 2.75) is 19.9 Å². The summed E-state index contributed by atoms with van der Waals surface area (Å²) in [6.45, 7) is 2.68. The highest BCUT2D eigenvalue weighted by Gasteiger charge is 2.06. The fraction of sp³-hybridized carbons (Fsp3) is 0.300. The first-order chi connectivity index (χ1) is 8.72. The van der Waals surface area contributed by atoms with Gasteiger partial charge in [0.25, 0.3) is 0 Å². The third-order valence-corrected chi connectivity index (χ3v) is 3.65. The highest BCUT2D eigenvalue weighted by Crippen LogP contribution is 2.21. The molecule has 2 heterocycles. The van der Waals surface area contributed by atoms with Crippen LogP contribution in [0.2, 0.25) is 5.02 Å². The molecule has 0 unspecified atom stereocenters. The van der Waals surface area contributed by atoms with Crippen LogP contribution in [-0.4, -0.2) is 15.0 Å². The molecule has 0 fully saturated rings. The number of hydrazine groups is 1. The predicted octanol–water partition coefficient (Wildman–Crippen LogP) is 2.05. The van der Waals surface area contributed by atoms with Gasteiger partial charge in [0.2, 0.25) is 5.95 Å². The van der Waals surface area contributed by atoms with Gasteiger partial charge in [-0.05, 0) is 6.42 Å². The molecule has 0 bridgehead atoms. The Labute approximate surface area is 114 Å². The molecule has 0 amide bonds. The largest absolute Gasteiger partial charge is 0.362 e. The topological polar surface area (TPSA) is 88.8 Å². The van der Waals surface area contributed by atoms with Crippen LogP contribution < -0.4 is 16.6 Å². The Morgan fingerprint density at radius 3 is 2.89 bits per heavy atom. The highest BCUT2D eigenvalue weighted by molar-refractivity contribution is 7.11. The first kappa shape index (κ1) is 13.0. The van der Waals surface area contributed by atoms with Crippen molar-refractivity contribution in [3.63, 3.8) is 0 Å². The molecule has 0 saturated heterocycles. The van der Waals surface area contributed by atoms with Crippen molar-refractivity contribution in [2.75, 3.05) is 10.7 Å². The first-order valence-corrected chi connectivity index (χ1v) is 6.59. The Morgan fingerprint density at radius 2 is 2.22 bits per heavy atom. The van der Waals surface area contributed by atoms with Crippen LogP contribution in [0.15, 0.2) is 12.4 Å². The van der Waals surface area contributed by atoms with Gasteiger partial charge in [0, 0.05) is 11.1 Å². The monoisotopic (exact) mass is 284 g/mol. The lowest BCUT2D eigenvalue weighted by Gasteiger charge is -2.06. The number of nitrogens with one attached hydrogen (secondary N) is 2. The van der Waals surface area contributed by atoms with Gasteiger partial charge >= 0.3 is 0 Å². The van der Waals surface area contributed by atoms with Gasteiger partial charge in [0.05, 0.1) is 12.7 Å². The molecule has 6 nitrogen and oxygen atoms in total. The van der Waals surface area contributed by atoms with Crippen molar-refractivity contribution in [1.29, 1.82) is 0 Å². The van der Waals surface area contributed by atoms with Gasteiger partial charge in [-0.25, -0.2) is 15.8 Å². The number of aromatic nitrogens is 3. The number of rotatable bonds is 5. The predicted molar refractivity (Wildman–Crippen MR) is 73.7 cm³/mol. The third-order valence-electron chi connectivity index (χ3n) is 2.23. The average molecular weight is 285 g/mol. The number of halogens is 1. The van der Waals surface area contributed by atoms with Crippen LogP contribution in [0, 0.1) is 0 Å². The minimum atomic E-state index is 0.315. The summed E-state index contributed by atoms with van der Waals surface area (Å²) in [6.07, 6.45) is 4.37. The minimum absolute atomic E-state index is 0.315. The molecule has 2 aromatic heterocycles. The fourth-order valence-electron chi connectivity index (χ4n) is 1.31. The van der Waals surface area contributed by atoms with Crippen LogP contribution in [0.25, 0.3) is 0 Å². The summed E-state index contributed by atoms with van der Waals surface area (Å²) in [5.74, 6) is 6.09. The molecule has 0 aromatic carbocycles. The van der Waals surface area contributed by atoms with Crippen LogP contribution in [0.1, 0.15) is 16.8 Å². The zero-order valence-corrected chi connectivity index (χ0v) is 11.3. The van der Waals surface area contributed by atoms with Gasteiger partial charge in [0.15, 0.2) is 5.82 Å². The summed E-state index contributed by atoms with van der Waals surface area (Å²) >= 11 is 7.65. The van der Waals surface area contributed by atoms with Crippen LogP contribution in [-0.2, 0) is 13.0 Å². The second kappa shape index (κ2) is 5.94. The summed E-state index contributed by atoms with van der Waals surface area (Å²) < 4.78 is 0. The molecule has 8 heteroatoms. The van der Waals surface area contributed by atoms with Gasteiger partial charge in [-0.2, -0.15) is 4.98 Å². The van der Waals surface area contributed by atoms with Crippen LogP contribution >= 0.6 is 22.9 Å². The Morgan fingerprint density at radius 1 is 1.39 bits per heavy atom. The lowest BCUT2D eigenvalue weighted by atomic mass is 10.4. The number of thiazole rings is 1. The molecule has 96 valence electrons. The summed E-state index contributed by atoms with van der Waals surface area (Å²) in [5, 5.41) is 4.55. The maximum atomic E-state index is 5.98. The summed E-state index contributed by atoms with van der Waals surface area (Å²) in [4.78, 5) is 13.6. The maximum Gasteiger partial charge on any atom is 0.239 e. The summed E-state index contributed by atoms with van der Waals surface area (Å²) in [5.41, 5.74) is 2.37. The number of hydrogen-bond donors (Lipinski definition) is 3. The van der Waals surface area contributed by atoms with Gasteiger partial charge in [-0.15, -0.1) is 11.3 Å². The molecule has 0 aliphatic rings. The highest BCUT2D eigenvalue weighted by atomic mass is 35.5. The van der Waals surface area contributed by atoms with Crippen molar-refractivity contribution in [1.82, 2.24) is 15.0 Å². The van der Waals surface area contributed by atoms with E-state index in [0.717, 1.165) is 11.4 Å². The van der Waals surface area contributed by atoms with E-state index in [1.165, 1.54) is 11.1 Å². The number of hydrogen-bond acceptors (Lipinski definition) is 7. The fourth-order valence-corrected chi connectivity index (χ4v) is 2.27. The molecule has 0 saturated carbocycles. The van der Waals surface area contributed by atoms with Gasteiger partial charge in [0.1, 0.15) is 10.0 Å². The van der Waals surface area contributed by atoms with E-state index in [9.17, 15) is 0 Å². The van der Waals surface area contributed by atoms with Crippen LogP contribution in [0.4, 0.5) is 11.8 Å². The molecular weight excluding hydrogens is 272 g/mol. The minimum Gasteiger partial charge on any atom is -0.362 e. The molecule has 2 rings (SSSR count). The van der Waals surface area contributed by atoms with Crippen molar-refractivity contribution < 1.29 is 0 Å². The van der Waals surface area contributed by atoms with Gasteiger partial charge < -0.3 is 5.32 Å². The van der Waals surface area contributed by atoms with E-state index in [1.807, 2.05) is 6.20 Å². The second-order valence-corrected chi connectivity index (χ2v) is 5.07. The van der Waals surface area contributed by atoms with Crippen molar-refractivity contribution in [2.24, 2.45) is 5.84 Å². The SMILES string of the molecule is CCc1cnc(CNc2nc(NN)ncc2Cl)s1. The standard InChI is InChI=1S/C10H13ClN6S/c1-2-6-3-13-8(18-6)5-14-9-7(11)4-15-10(16-9)17-12/h3-4H,2,5,12H2,1H3,(H2,14,15,16,17). The van der Waals surface area contributed by atoms with E-state index < -0.39 is 0 Å². The number of nitrogens with zero attached hydrogens (tertiary/aromatic N) is 3. The zero-order chi connectivity index (χ0) is 13.0. The van der Waals surface area contributed by atoms with Crippen LogP contribution in [0.3, 0.4) is 0 Å². The number of nitrogens with two attached hydrogens (primary N) is 1. The Bertz CT molecular complexity index is 529. The molecule has 0 spiro atoms. The lowest BCUT2D eigenvalue weighted by Crippen LogP contribution is -2.12. The molecule has 0 radical (unpaired) electrons. The quantitative estimate of drug-likeness (QED) is 0.575. The second-order valence-electron chi connectivity index (χ2n) is 3.46. The number of nitrogen functional groups attached to an aromatic ring is 1. The van der Waals surface area contributed by atoms with E-state index in [4.69, 9.17) is 17.4 Å². The van der Waals surface area contributed by atoms with E-state index in [0.29, 0.717) is 23.3 Å². The van der Waals surface area contributed by atoms with Crippen molar-refractivity contribution in [3.05, 3.63) is 27.3 Å². The third kappa shape index (κ3) is 3.06. The molecular formula is C10H13ClN6S. The Hall–Kier alpha value is -1.44. The lowest BCUT2D eigenvalue weighted by molar-refractivity contribution is 1.05. The molecule has 18 heavy (non-hydrogen) atoms. The van der Waals surface area contributed by atoms with E-state index in [2.05, 4.69) is 32.6 Å². The zero-order valence-electron chi connectivity index (χ0n) is 9.77. The van der Waals surface area contributed by atoms with E-state index >= 15 is 0 Å². The Balaban J connectivity index is 2.05. The number of anilines is 2. The molecule has 2 aromatic rings.